The summed E-state index contributed by atoms with van der Waals surface area (Å²) in [5.41, 5.74) is 5.88. The maximum Gasteiger partial charge on any atom is 0.263 e. The Kier molecular flexibility index (Phi) is 4.16. The molecule has 3 N–H and O–H groups in total. The quantitative estimate of drug-likeness (QED) is 0.763. The molecule has 2 aromatic rings. The molecule has 5 nitrogen and oxygen atoms in total. The lowest BCUT2D eigenvalue weighted by molar-refractivity contribution is 0.601. The van der Waals surface area contributed by atoms with Gasteiger partial charge >= 0.3 is 0 Å². The van der Waals surface area contributed by atoms with Gasteiger partial charge in [0.2, 0.25) is 0 Å². The average molecular weight is 410 g/mol. The Balaban J connectivity index is 2.33. The van der Waals surface area contributed by atoms with Crippen molar-refractivity contribution in [2.75, 3.05) is 10.5 Å². The molecule has 0 radical (unpaired) electrons. The Bertz CT molecular complexity index is 704. The zero-order valence-corrected chi connectivity index (χ0v) is 13.2. The second-order valence-corrected chi connectivity index (χ2v) is 6.93. The van der Waals surface area contributed by atoms with Gasteiger partial charge in [0.1, 0.15) is 10.7 Å². The molecule has 0 saturated carbocycles. The lowest BCUT2D eigenvalue weighted by Crippen LogP contribution is -2.14. The average Bonchev–Trinajstić information content (AvgIpc) is 2.33. The number of pyridine rings is 1. The first-order valence-corrected chi connectivity index (χ1v) is 8.02. The number of nitrogens with one attached hydrogen (secondary N) is 1. The lowest BCUT2D eigenvalue weighted by Gasteiger charge is -2.09. The number of nitrogen functional groups attached to an aromatic ring is 1. The Morgan fingerprint density at radius 1 is 1.26 bits per heavy atom. The van der Waals surface area contributed by atoms with Crippen molar-refractivity contribution in [1.82, 2.24) is 4.98 Å². The van der Waals surface area contributed by atoms with E-state index in [-0.39, 0.29) is 10.7 Å². The molecule has 1 aromatic heterocycles. The summed E-state index contributed by atoms with van der Waals surface area (Å²) >= 11 is 7.82. The van der Waals surface area contributed by atoms with Crippen LogP contribution in [0.5, 0.6) is 0 Å². The van der Waals surface area contributed by atoms with Crippen LogP contribution in [-0.4, -0.2) is 13.4 Å². The van der Waals surface area contributed by atoms with Crippen molar-refractivity contribution < 1.29 is 8.42 Å². The molecule has 0 aliphatic heterocycles. The number of hydrogen-bond donors (Lipinski definition) is 2. The van der Waals surface area contributed by atoms with Gasteiger partial charge in [-0.05, 0) is 52.9 Å². The van der Waals surface area contributed by atoms with Gasteiger partial charge in [0.05, 0.1) is 5.69 Å². The van der Waals surface area contributed by atoms with Gasteiger partial charge in [-0.1, -0.05) is 11.6 Å². The molecular weight excluding hydrogens is 401 g/mol. The van der Waals surface area contributed by atoms with Gasteiger partial charge in [-0.3, -0.25) is 4.72 Å². The van der Waals surface area contributed by atoms with Crippen LogP contribution < -0.4 is 10.5 Å². The number of nitrogens with zero attached hydrogens (tertiary/aromatic N) is 1. The molecule has 1 heterocycles. The van der Waals surface area contributed by atoms with E-state index >= 15 is 0 Å². The Morgan fingerprint density at radius 3 is 2.58 bits per heavy atom. The molecule has 8 heteroatoms. The number of benzene rings is 1. The van der Waals surface area contributed by atoms with E-state index in [0.29, 0.717) is 14.3 Å². The standard InChI is InChI=1S/C11H9ClIN3O2S/c12-7-1-3-10(9(13)5-7)16-19(17,18)8-2-4-11(14)15-6-8/h1-6,16H,(H2,14,15). The highest BCUT2D eigenvalue weighted by atomic mass is 127. The molecule has 1 aromatic carbocycles. The fourth-order valence-electron chi connectivity index (χ4n) is 1.33. The van der Waals surface area contributed by atoms with E-state index in [1.54, 1.807) is 18.2 Å². The number of nitrogens with two attached hydrogens (primary N) is 1. The lowest BCUT2D eigenvalue weighted by atomic mass is 10.3. The maximum atomic E-state index is 12.1. The molecule has 0 aliphatic carbocycles. The van der Waals surface area contributed by atoms with Crippen LogP contribution in [0.3, 0.4) is 0 Å². The van der Waals surface area contributed by atoms with E-state index in [1.807, 2.05) is 22.6 Å². The zero-order chi connectivity index (χ0) is 14.0. The molecule has 0 unspecified atom stereocenters. The SMILES string of the molecule is Nc1ccc(S(=O)(=O)Nc2ccc(Cl)cc2I)cn1. The highest BCUT2D eigenvalue weighted by Crippen LogP contribution is 2.24. The minimum absolute atomic E-state index is 0.0486. The fraction of sp³-hybridized carbons (Fsp3) is 0. The van der Waals surface area contributed by atoms with Crippen molar-refractivity contribution in [3.8, 4) is 0 Å². The summed E-state index contributed by atoms with van der Waals surface area (Å²) in [4.78, 5) is 3.81. The van der Waals surface area contributed by atoms with Gasteiger partial charge in [0.15, 0.2) is 0 Å². The third-order valence-corrected chi connectivity index (χ3v) is 4.72. The van der Waals surface area contributed by atoms with Crippen LogP contribution in [-0.2, 0) is 10.0 Å². The second-order valence-electron chi connectivity index (χ2n) is 3.65. The highest BCUT2D eigenvalue weighted by Gasteiger charge is 2.16. The third kappa shape index (κ3) is 3.48. The Hall–Kier alpha value is -1.06. The molecule has 0 spiro atoms. The predicted molar refractivity (Wildman–Crippen MR) is 83.6 cm³/mol. The van der Waals surface area contributed by atoms with Crippen molar-refractivity contribution in [2.45, 2.75) is 4.90 Å². The monoisotopic (exact) mass is 409 g/mol. The fourth-order valence-corrected chi connectivity index (χ4v) is 3.54. The predicted octanol–water partition coefficient (Wildman–Crippen LogP) is 2.72. The van der Waals surface area contributed by atoms with Crippen molar-refractivity contribution in [2.24, 2.45) is 0 Å². The van der Waals surface area contributed by atoms with Crippen molar-refractivity contribution >= 4 is 55.7 Å². The van der Waals surface area contributed by atoms with Crippen LogP contribution in [0.4, 0.5) is 11.5 Å². The topological polar surface area (TPSA) is 85.1 Å². The molecule has 0 aliphatic rings. The first kappa shape index (κ1) is 14.4. The highest BCUT2D eigenvalue weighted by molar-refractivity contribution is 14.1. The van der Waals surface area contributed by atoms with Crippen molar-refractivity contribution in [1.29, 1.82) is 0 Å². The van der Waals surface area contributed by atoms with Gasteiger partial charge in [-0.2, -0.15) is 0 Å². The molecule has 19 heavy (non-hydrogen) atoms. The van der Waals surface area contributed by atoms with Crippen LogP contribution in [0.1, 0.15) is 0 Å². The van der Waals surface area contributed by atoms with E-state index in [1.165, 1.54) is 18.3 Å². The van der Waals surface area contributed by atoms with Crippen molar-refractivity contribution in [3.63, 3.8) is 0 Å². The summed E-state index contributed by atoms with van der Waals surface area (Å²) in [5.74, 6) is 0.264. The van der Waals surface area contributed by atoms with Crippen LogP contribution in [0.25, 0.3) is 0 Å². The molecule has 0 amide bonds. The second kappa shape index (κ2) is 5.51. The third-order valence-electron chi connectivity index (χ3n) is 2.24. The molecular formula is C11H9ClIN3O2S. The van der Waals surface area contributed by atoms with Crippen LogP contribution >= 0.6 is 34.2 Å². The summed E-state index contributed by atoms with van der Waals surface area (Å²) in [6, 6.07) is 7.71. The normalized spacial score (nSPS) is 11.3. The van der Waals surface area contributed by atoms with Gasteiger partial charge in [-0.25, -0.2) is 13.4 Å². The van der Waals surface area contributed by atoms with E-state index < -0.39 is 10.0 Å². The van der Waals surface area contributed by atoms with Gasteiger partial charge in [0, 0.05) is 14.8 Å². The summed E-state index contributed by atoms with van der Waals surface area (Å²) < 4.78 is 27.4. The zero-order valence-electron chi connectivity index (χ0n) is 9.47. The number of hydrogen-bond acceptors (Lipinski definition) is 4. The van der Waals surface area contributed by atoms with Crippen LogP contribution in [0.15, 0.2) is 41.4 Å². The summed E-state index contributed by atoms with van der Waals surface area (Å²) in [6.07, 6.45) is 1.21. The first-order chi connectivity index (χ1) is 8.88. The summed E-state index contributed by atoms with van der Waals surface area (Å²) in [5, 5.41) is 0.543. The molecule has 0 fully saturated rings. The number of rotatable bonds is 3. The van der Waals surface area contributed by atoms with Gasteiger partial charge in [-0.15, -0.1) is 0 Å². The van der Waals surface area contributed by atoms with Gasteiger partial charge in [0.25, 0.3) is 10.0 Å². The van der Waals surface area contributed by atoms with E-state index in [9.17, 15) is 8.42 Å². The van der Waals surface area contributed by atoms with E-state index in [2.05, 4.69) is 9.71 Å². The Morgan fingerprint density at radius 2 is 2.00 bits per heavy atom. The number of halogens is 2. The van der Waals surface area contributed by atoms with Crippen LogP contribution in [0.2, 0.25) is 5.02 Å². The largest absolute Gasteiger partial charge is 0.384 e. The summed E-state index contributed by atoms with van der Waals surface area (Å²) in [7, 11) is -3.68. The molecule has 100 valence electrons. The Labute approximate surface area is 129 Å². The number of aromatic nitrogens is 1. The van der Waals surface area contributed by atoms with E-state index in [0.717, 1.165) is 0 Å². The maximum absolute atomic E-state index is 12.1. The molecule has 0 saturated heterocycles. The minimum Gasteiger partial charge on any atom is -0.384 e. The molecule has 2 rings (SSSR count). The van der Waals surface area contributed by atoms with Crippen LogP contribution in [0, 0.1) is 3.57 Å². The van der Waals surface area contributed by atoms with E-state index in [4.69, 9.17) is 17.3 Å². The number of sulfonamides is 1. The summed E-state index contributed by atoms with van der Waals surface area (Å²) in [6.45, 7) is 0. The van der Waals surface area contributed by atoms with Gasteiger partial charge < -0.3 is 5.73 Å². The number of anilines is 2. The minimum atomic E-state index is -3.68. The van der Waals surface area contributed by atoms with Crippen molar-refractivity contribution in [3.05, 3.63) is 45.1 Å². The first-order valence-electron chi connectivity index (χ1n) is 5.08. The molecule has 0 bridgehead atoms. The molecule has 0 atom stereocenters. The smallest absolute Gasteiger partial charge is 0.263 e.